The van der Waals surface area contributed by atoms with Crippen LogP contribution >= 0.6 is 0 Å². The van der Waals surface area contributed by atoms with Crippen molar-refractivity contribution in [2.45, 2.75) is 45.6 Å². The molecular formula is C15H23N3O2. The molecule has 0 radical (unpaired) electrons. The van der Waals surface area contributed by atoms with Crippen LogP contribution in [0.15, 0.2) is 18.2 Å². The van der Waals surface area contributed by atoms with Crippen molar-refractivity contribution in [3.8, 4) is 0 Å². The highest BCUT2D eigenvalue weighted by atomic mass is 16.6. The average Bonchev–Trinajstić information content (AvgIpc) is 2.37. The van der Waals surface area contributed by atoms with Gasteiger partial charge in [-0.05, 0) is 43.2 Å². The first-order valence-electron chi connectivity index (χ1n) is 7.07. The van der Waals surface area contributed by atoms with Gasteiger partial charge in [-0.1, -0.05) is 13.8 Å². The van der Waals surface area contributed by atoms with Crippen LogP contribution in [0.25, 0.3) is 0 Å². The molecule has 1 saturated carbocycles. The zero-order valence-corrected chi connectivity index (χ0v) is 12.4. The summed E-state index contributed by atoms with van der Waals surface area (Å²) in [5.74, 6) is 0. The first-order valence-corrected chi connectivity index (χ1v) is 7.07. The van der Waals surface area contributed by atoms with Crippen LogP contribution in [-0.4, -0.2) is 18.0 Å². The van der Waals surface area contributed by atoms with Gasteiger partial charge in [0.05, 0.1) is 4.92 Å². The van der Waals surface area contributed by atoms with Crippen molar-refractivity contribution in [3.63, 3.8) is 0 Å². The van der Waals surface area contributed by atoms with Gasteiger partial charge in [0.25, 0.3) is 5.69 Å². The minimum atomic E-state index is -0.442. The molecule has 20 heavy (non-hydrogen) atoms. The maximum atomic E-state index is 10.8. The van der Waals surface area contributed by atoms with Gasteiger partial charge in [0, 0.05) is 24.8 Å². The molecule has 1 aromatic carbocycles. The summed E-state index contributed by atoms with van der Waals surface area (Å²) in [5, 5.41) is 10.8. The van der Waals surface area contributed by atoms with E-state index in [4.69, 9.17) is 5.73 Å². The summed E-state index contributed by atoms with van der Waals surface area (Å²) in [6, 6.07) is 5.48. The van der Waals surface area contributed by atoms with Crippen molar-refractivity contribution in [1.82, 2.24) is 0 Å². The molecule has 0 bridgehead atoms. The summed E-state index contributed by atoms with van der Waals surface area (Å²) >= 11 is 0. The molecule has 2 rings (SSSR count). The smallest absolute Gasteiger partial charge is 0.292 e. The van der Waals surface area contributed by atoms with Crippen molar-refractivity contribution in [3.05, 3.63) is 28.3 Å². The Morgan fingerprint density at radius 1 is 1.35 bits per heavy atom. The van der Waals surface area contributed by atoms with E-state index >= 15 is 0 Å². The van der Waals surface area contributed by atoms with Crippen molar-refractivity contribution >= 4 is 17.1 Å². The van der Waals surface area contributed by atoms with Gasteiger partial charge in [0.1, 0.15) is 5.69 Å². The van der Waals surface area contributed by atoms with Crippen LogP contribution in [0, 0.1) is 15.5 Å². The summed E-state index contributed by atoms with van der Waals surface area (Å²) in [6.45, 7) is 4.63. The predicted molar refractivity (Wildman–Crippen MR) is 81.9 cm³/mol. The Morgan fingerprint density at radius 3 is 2.45 bits per heavy atom. The molecule has 1 aromatic rings. The normalized spacial score (nSPS) is 18.8. The minimum Gasteiger partial charge on any atom is -0.393 e. The van der Waals surface area contributed by atoms with Gasteiger partial charge in [0.2, 0.25) is 0 Å². The van der Waals surface area contributed by atoms with Crippen molar-refractivity contribution < 1.29 is 4.92 Å². The number of nitrogens with two attached hydrogens (primary N) is 1. The lowest BCUT2D eigenvalue weighted by atomic mass is 9.75. The number of anilines is 2. The molecular weight excluding hydrogens is 254 g/mol. The van der Waals surface area contributed by atoms with Gasteiger partial charge in [-0.3, -0.25) is 10.1 Å². The number of nitro groups is 1. The van der Waals surface area contributed by atoms with E-state index < -0.39 is 4.92 Å². The van der Waals surface area contributed by atoms with E-state index in [0.717, 1.165) is 18.5 Å². The monoisotopic (exact) mass is 277 g/mol. The SMILES string of the molecule is CN(c1ccc([N+](=O)[O-])c(N)c1)C1CCC(C)(C)CC1. The van der Waals surface area contributed by atoms with Gasteiger partial charge in [-0.2, -0.15) is 0 Å². The fourth-order valence-electron chi connectivity index (χ4n) is 2.91. The Hall–Kier alpha value is -1.78. The molecule has 0 unspecified atom stereocenters. The van der Waals surface area contributed by atoms with E-state index in [2.05, 4.69) is 18.7 Å². The topological polar surface area (TPSA) is 72.4 Å². The number of benzene rings is 1. The summed E-state index contributed by atoms with van der Waals surface area (Å²) in [5.41, 5.74) is 7.37. The highest BCUT2D eigenvalue weighted by molar-refractivity contribution is 5.66. The van der Waals surface area contributed by atoms with Crippen molar-refractivity contribution in [1.29, 1.82) is 0 Å². The van der Waals surface area contributed by atoms with Crippen molar-refractivity contribution in [2.75, 3.05) is 17.7 Å². The van der Waals surface area contributed by atoms with E-state index in [0.29, 0.717) is 11.5 Å². The molecule has 0 aliphatic heterocycles. The fourth-order valence-corrected chi connectivity index (χ4v) is 2.91. The van der Waals surface area contributed by atoms with Crippen LogP contribution in [0.5, 0.6) is 0 Å². The Bertz CT molecular complexity index is 504. The van der Waals surface area contributed by atoms with Gasteiger partial charge < -0.3 is 10.6 Å². The first kappa shape index (κ1) is 14.6. The molecule has 0 saturated heterocycles. The summed E-state index contributed by atoms with van der Waals surface area (Å²) in [4.78, 5) is 12.5. The standard InChI is InChI=1S/C15H23N3O2/c1-15(2)8-6-11(7-9-15)17(3)12-4-5-14(18(19)20)13(16)10-12/h4-5,10-11H,6-9,16H2,1-3H3. The average molecular weight is 277 g/mol. The summed E-state index contributed by atoms with van der Waals surface area (Å²) in [6.07, 6.45) is 4.73. The lowest BCUT2D eigenvalue weighted by molar-refractivity contribution is -0.383. The number of nitro benzene ring substituents is 1. The lowest BCUT2D eigenvalue weighted by Gasteiger charge is -2.39. The molecule has 0 atom stereocenters. The third-order valence-corrected chi connectivity index (χ3v) is 4.47. The highest BCUT2D eigenvalue weighted by Crippen LogP contribution is 2.38. The van der Waals surface area contributed by atoms with Gasteiger partial charge in [-0.25, -0.2) is 0 Å². The minimum absolute atomic E-state index is 0.0214. The zero-order chi connectivity index (χ0) is 14.9. The summed E-state index contributed by atoms with van der Waals surface area (Å²) < 4.78 is 0. The predicted octanol–water partition coefficient (Wildman–Crippen LogP) is 3.58. The molecule has 2 N–H and O–H groups in total. The van der Waals surface area contributed by atoms with Crippen LogP contribution in [-0.2, 0) is 0 Å². The molecule has 0 heterocycles. The van der Waals surface area contributed by atoms with E-state index in [1.54, 1.807) is 12.1 Å². The quantitative estimate of drug-likeness (QED) is 0.520. The number of nitrogens with zero attached hydrogens (tertiary/aromatic N) is 2. The second-order valence-electron chi connectivity index (χ2n) is 6.51. The maximum absolute atomic E-state index is 10.8. The molecule has 1 aliphatic rings. The van der Waals surface area contributed by atoms with E-state index in [-0.39, 0.29) is 11.4 Å². The van der Waals surface area contributed by atoms with Crippen LogP contribution in [0.4, 0.5) is 17.1 Å². The van der Waals surface area contributed by atoms with E-state index in [1.165, 1.54) is 18.9 Å². The maximum Gasteiger partial charge on any atom is 0.292 e. The Kier molecular flexibility index (Phi) is 3.88. The zero-order valence-electron chi connectivity index (χ0n) is 12.4. The number of hydrogen-bond donors (Lipinski definition) is 1. The molecule has 0 aromatic heterocycles. The molecule has 5 heteroatoms. The van der Waals surface area contributed by atoms with E-state index in [1.807, 2.05) is 7.05 Å². The summed E-state index contributed by atoms with van der Waals surface area (Å²) in [7, 11) is 2.05. The molecule has 110 valence electrons. The van der Waals surface area contributed by atoms with Crippen LogP contribution in [0.2, 0.25) is 0 Å². The second kappa shape index (κ2) is 5.31. The van der Waals surface area contributed by atoms with Gasteiger partial charge in [0.15, 0.2) is 0 Å². The molecule has 0 amide bonds. The Morgan fingerprint density at radius 2 is 1.95 bits per heavy atom. The largest absolute Gasteiger partial charge is 0.393 e. The lowest BCUT2D eigenvalue weighted by Crippen LogP contribution is -2.37. The third-order valence-electron chi connectivity index (χ3n) is 4.47. The first-order chi connectivity index (χ1) is 9.30. The van der Waals surface area contributed by atoms with Gasteiger partial charge in [-0.15, -0.1) is 0 Å². The number of rotatable bonds is 3. The fraction of sp³-hybridized carbons (Fsp3) is 0.600. The highest BCUT2D eigenvalue weighted by Gasteiger charge is 2.29. The van der Waals surface area contributed by atoms with Crippen molar-refractivity contribution in [2.24, 2.45) is 5.41 Å². The molecule has 0 spiro atoms. The van der Waals surface area contributed by atoms with Gasteiger partial charge >= 0.3 is 0 Å². The Balaban J connectivity index is 2.12. The number of hydrogen-bond acceptors (Lipinski definition) is 4. The van der Waals surface area contributed by atoms with Crippen LogP contribution in [0.1, 0.15) is 39.5 Å². The molecule has 5 nitrogen and oxygen atoms in total. The third kappa shape index (κ3) is 3.03. The Labute approximate surface area is 119 Å². The number of nitrogen functional groups attached to an aromatic ring is 1. The molecule has 1 aliphatic carbocycles. The van der Waals surface area contributed by atoms with Crippen LogP contribution in [0.3, 0.4) is 0 Å². The van der Waals surface area contributed by atoms with E-state index in [9.17, 15) is 10.1 Å². The molecule has 1 fully saturated rings. The second-order valence-corrected chi connectivity index (χ2v) is 6.51. The van der Waals surface area contributed by atoms with Crippen LogP contribution < -0.4 is 10.6 Å².